The Bertz CT molecular complexity index is 1440. The molecule has 0 aliphatic carbocycles. The van der Waals surface area contributed by atoms with Gasteiger partial charge in [0.2, 0.25) is 0 Å². The summed E-state index contributed by atoms with van der Waals surface area (Å²) in [6, 6.07) is 19.7. The van der Waals surface area contributed by atoms with Crippen LogP contribution in [0, 0.1) is 23.0 Å². The third-order valence-corrected chi connectivity index (χ3v) is 5.16. The van der Waals surface area contributed by atoms with Gasteiger partial charge in [-0.25, -0.2) is 18.6 Å². The molecule has 1 aromatic heterocycles. The summed E-state index contributed by atoms with van der Waals surface area (Å²) in [4.78, 5) is 16.4. The molecule has 34 heavy (non-hydrogen) atoms. The highest BCUT2D eigenvalue weighted by atomic mass is 19.2. The van der Waals surface area contributed by atoms with E-state index in [1.165, 1.54) is 7.11 Å². The molecule has 0 atom stereocenters. The number of carbonyl (C=O) groups is 1. The van der Waals surface area contributed by atoms with Crippen LogP contribution in [0.2, 0.25) is 0 Å². The molecule has 0 saturated carbocycles. The largest absolute Gasteiger partial charge is 0.489 e. The first-order valence-corrected chi connectivity index (χ1v) is 10.3. The standard InChI is InChI=1S/C27H18F2N2O3/c1-33-27(32)22-4-2-3-19(15-30)23(22)16-34-21-11-6-17(7-12-21)5-9-20-10-8-18-13-24(28)25(29)14-26(18)31-20/h2-14H,16H2,1H3/b9-5+. The lowest BCUT2D eigenvalue weighted by molar-refractivity contribution is 0.0597. The number of hydrogen-bond acceptors (Lipinski definition) is 5. The van der Waals surface area contributed by atoms with Crippen molar-refractivity contribution in [1.82, 2.24) is 4.98 Å². The zero-order valence-corrected chi connectivity index (χ0v) is 18.1. The van der Waals surface area contributed by atoms with E-state index in [-0.39, 0.29) is 12.2 Å². The normalized spacial score (nSPS) is 10.9. The fraction of sp³-hybridized carbons (Fsp3) is 0.0741. The number of halogens is 2. The van der Waals surface area contributed by atoms with Crippen LogP contribution in [-0.4, -0.2) is 18.1 Å². The number of nitrogens with zero attached hydrogens (tertiary/aromatic N) is 2. The number of benzene rings is 3. The summed E-state index contributed by atoms with van der Waals surface area (Å²) >= 11 is 0. The SMILES string of the molecule is COC(=O)c1cccc(C#N)c1COc1ccc(/C=C/c2ccc3cc(F)c(F)cc3n2)cc1. The van der Waals surface area contributed by atoms with Crippen molar-refractivity contribution in [3.63, 3.8) is 0 Å². The Labute approximate surface area is 194 Å². The summed E-state index contributed by atoms with van der Waals surface area (Å²) in [5.41, 5.74) is 2.92. The minimum absolute atomic E-state index is 0.0293. The fourth-order valence-electron chi connectivity index (χ4n) is 3.39. The van der Waals surface area contributed by atoms with Gasteiger partial charge in [-0.1, -0.05) is 30.3 Å². The van der Waals surface area contributed by atoms with Gasteiger partial charge in [0.15, 0.2) is 11.6 Å². The van der Waals surface area contributed by atoms with E-state index in [0.717, 1.165) is 17.7 Å². The quantitative estimate of drug-likeness (QED) is 0.337. The lowest BCUT2D eigenvalue weighted by Gasteiger charge is -2.11. The van der Waals surface area contributed by atoms with E-state index in [0.29, 0.717) is 33.5 Å². The monoisotopic (exact) mass is 456 g/mol. The third kappa shape index (κ3) is 4.92. The Morgan fingerprint density at radius 3 is 2.53 bits per heavy atom. The molecule has 0 unspecified atom stereocenters. The molecule has 0 N–H and O–H groups in total. The van der Waals surface area contributed by atoms with Gasteiger partial charge in [-0.2, -0.15) is 5.26 Å². The molecule has 0 aliphatic rings. The van der Waals surface area contributed by atoms with Crippen molar-refractivity contribution in [1.29, 1.82) is 5.26 Å². The molecular formula is C27H18F2N2O3. The Hall–Kier alpha value is -4.57. The topological polar surface area (TPSA) is 72.2 Å². The second-order valence-electron chi connectivity index (χ2n) is 7.32. The first-order valence-electron chi connectivity index (χ1n) is 10.3. The number of fused-ring (bicyclic) bond motifs is 1. The molecule has 0 amide bonds. The van der Waals surface area contributed by atoms with Crippen LogP contribution in [0.25, 0.3) is 23.1 Å². The first-order chi connectivity index (χ1) is 16.5. The summed E-state index contributed by atoms with van der Waals surface area (Å²) < 4.78 is 37.4. The van der Waals surface area contributed by atoms with Crippen LogP contribution >= 0.6 is 0 Å². The Balaban J connectivity index is 1.47. The number of ether oxygens (including phenoxy) is 2. The zero-order chi connectivity index (χ0) is 24.1. The maximum absolute atomic E-state index is 13.5. The lowest BCUT2D eigenvalue weighted by Crippen LogP contribution is -2.10. The van der Waals surface area contributed by atoms with Crippen molar-refractivity contribution in [3.8, 4) is 11.8 Å². The summed E-state index contributed by atoms with van der Waals surface area (Å²) in [6.07, 6.45) is 3.60. The van der Waals surface area contributed by atoms with Crippen LogP contribution in [0.15, 0.2) is 66.7 Å². The number of methoxy groups -OCH3 is 1. The van der Waals surface area contributed by atoms with E-state index in [9.17, 15) is 18.8 Å². The van der Waals surface area contributed by atoms with Crippen LogP contribution in [-0.2, 0) is 11.3 Å². The van der Waals surface area contributed by atoms with Gasteiger partial charge in [-0.05, 0) is 48.0 Å². The van der Waals surface area contributed by atoms with E-state index in [1.807, 2.05) is 18.2 Å². The second-order valence-corrected chi connectivity index (χ2v) is 7.32. The number of carbonyl (C=O) groups excluding carboxylic acids is 1. The highest BCUT2D eigenvalue weighted by Gasteiger charge is 2.16. The molecule has 0 fully saturated rings. The summed E-state index contributed by atoms with van der Waals surface area (Å²) in [5.74, 6) is -1.82. The number of esters is 1. The molecule has 5 nitrogen and oxygen atoms in total. The van der Waals surface area contributed by atoms with Crippen LogP contribution in [0.5, 0.6) is 5.75 Å². The molecule has 1 heterocycles. The van der Waals surface area contributed by atoms with Crippen molar-refractivity contribution in [2.75, 3.05) is 7.11 Å². The number of nitriles is 1. The highest BCUT2D eigenvalue weighted by molar-refractivity contribution is 5.91. The number of rotatable bonds is 6. The van der Waals surface area contributed by atoms with Gasteiger partial charge in [0, 0.05) is 17.0 Å². The second kappa shape index (κ2) is 9.92. The molecule has 168 valence electrons. The maximum Gasteiger partial charge on any atom is 0.338 e. The highest BCUT2D eigenvalue weighted by Crippen LogP contribution is 2.21. The van der Waals surface area contributed by atoms with E-state index in [2.05, 4.69) is 11.1 Å². The molecular weight excluding hydrogens is 438 g/mol. The van der Waals surface area contributed by atoms with Crippen molar-refractivity contribution < 1.29 is 23.0 Å². The van der Waals surface area contributed by atoms with E-state index in [4.69, 9.17) is 9.47 Å². The molecule has 0 bridgehead atoms. The first kappa shape index (κ1) is 22.6. The molecule has 0 saturated heterocycles. The van der Waals surface area contributed by atoms with Crippen LogP contribution in [0.1, 0.15) is 32.7 Å². The fourth-order valence-corrected chi connectivity index (χ4v) is 3.39. The van der Waals surface area contributed by atoms with Gasteiger partial charge >= 0.3 is 5.97 Å². The van der Waals surface area contributed by atoms with Crippen molar-refractivity contribution in [3.05, 3.63) is 106 Å². The average Bonchev–Trinajstić information content (AvgIpc) is 2.86. The minimum atomic E-state index is -0.937. The third-order valence-electron chi connectivity index (χ3n) is 5.16. The number of hydrogen-bond donors (Lipinski definition) is 0. The maximum atomic E-state index is 13.5. The van der Waals surface area contributed by atoms with Gasteiger partial charge in [-0.3, -0.25) is 0 Å². The molecule has 0 aliphatic heterocycles. The van der Waals surface area contributed by atoms with E-state index < -0.39 is 17.6 Å². The smallest absolute Gasteiger partial charge is 0.338 e. The lowest BCUT2D eigenvalue weighted by atomic mass is 10.0. The molecule has 0 spiro atoms. The van der Waals surface area contributed by atoms with Crippen LogP contribution in [0.3, 0.4) is 0 Å². The zero-order valence-electron chi connectivity index (χ0n) is 18.1. The van der Waals surface area contributed by atoms with Crippen molar-refractivity contribution in [2.24, 2.45) is 0 Å². The van der Waals surface area contributed by atoms with Crippen LogP contribution < -0.4 is 4.74 Å². The molecule has 3 aromatic carbocycles. The van der Waals surface area contributed by atoms with Gasteiger partial charge in [0.05, 0.1) is 35.5 Å². The number of pyridine rings is 1. The minimum Gasteiger partial charge on any atom is -0.489 e. The van der Waals surface area contributed by atoms with Gasteiger partial charge in [-0.15, -0.1) is 0 Å². The summed E-state index contributed by atoms with van der Waals surface area (Å²) in [7, 11) is 1.28. The Morgan fingerprint density at radius 1 is 1.03 bits per heavy atom. The van der Waals surface area contributed by atoms with Crippen molar-refractivity contribution in [2.45, 2.75) is 6.61 Å². The summed E-state index contributed by atoms with van der Waals surface area (Å²) in [6.45, 7) is 0.0293. The van der Waals surface area contributed by atoms with Crippen LogP contribution in [0.4, 0.5) is 8.78 Å². The predicted octanol–water partition coefficient (Wildman–Crippen LogP) is 5.92. The van der Waals surface area contributed by atoms with Gasteiger partial charge in [0.25, 0.3) is 0 Å². The average molecular weight is 456 g/mol. The molecule has 0 radical (unpaired) electrons. The molecule has 4 rings (SSSR count). The summed E-state index contributed by atoms with van der Waals surface area (Å²) in [5, 5.41) is 9.88. The van der Waals surface area contributed by atoms with Gasteiger partial charge < -0.3 is 9.47 Å². The predicted molar refractivity (Wildman–Crippen MR) is 124 cm³/mol. The number of aromatic nitrogens is 1. The Kier molecular flexibility index (Phi) is 6.60. The Morgan fingerprint density at radius 2 is 1.79 bits per heavy atom. The molecule has 7 heteroatoms. The van der Waals surface area contributed by atoms with E-state index >= 15 is 0 Å². The van der Waals surface area contributed by atoms with Crippen molar-refractivity contribution >= 4 is 29.0 Å². The van der Waals surface area contributed by atoms with E-state index in [1.54, 1.807) is 48.5 Å². The molecule has 4 aromatic rings. The van der Waals surface area contributed by atoms with Gasteiger partial charge in [0.1, 0.15) is 12.4 Å².